The summed E-state index contributed by atoms with van der Waals surface area (Å²) in [7, 11) is 3.07. The summed E-state index contributed by atoms with van der Waals surface area (Å²) < 4.78 is 15.6. The lowest BCUT2D eigenvalue weighted by molar-refractivity contribution is -0.122. The van der Waals surface area contributed by atoms with Gasteiger partial charge in [-0.2, -0.15) is 0 Å². The molecule has 0 saturated carbocycles. The van der Waals surface area contributed by atoms with E-state index in [1.54, 1.807) is 12.1 Å². The maximum atomic E-state index is 12.2. The van der Waals surface area contributed by atoms with Crippen LogP contribution in [0, 0.1) is 5.92 Å². The van der Waals surface area contributed by atoms with E-state index < -0.39 is 0 Å². The molecule has 20 heavy (non-hydrogen) atoms. The van der Waals surface area contributed by atoms with Gasteiger partial charge in [0.1, 0.15) is 0 Å². The van der Waals surface area contributed by atoms with Gasteiger partial charge in [-0.1, -0.05) is 11.6 Å². The Bertz CT molecular complexity index is 486. The van der Waals surface area contributed by atoms with Crippen LogP contribution in [0.5, 0.6) is 11.5 Å². The number of halogens is 1. The highest BCUT2D eigenvalue weighted by molar-refractivity contribution is 6.34. The van der Waals surface area contributed by atoms with Crippen molar-refractivity contribution in [3.05, 3.63) is 17.2 Å². The lowest BCUT2D eigenvalue weighted by Crippen LogP contribution is -2.28. The average molecular weight is 300 g/mol. The summed E-state index contributed by atoms with van der Waals surface area (Å²) in [5, 5.41) is 3.26. The highest BCUT2D eigenvalue weighted by Crippen LogP contribution is 2.36. The standard InChI is InChI=1S/C14H18ClNO4/c1-18-12-7-10(15)11(8-13(12)19-2)16-14(17)9-3-5-20-6-4-9/h7-9H,3-6H2,1-2H3,(H,16,17). The zero-order chi connectivity index (χ0) is 14.5. The van der Waals surface area contributed by atoms with E-state index >= 15 is 0 Å². The minimum absolute atomic E-state index is 0.0343. The van der Waals surface area contributed by atoms with Gasteiger partial charge in [-0.15, -0.1) is 0 Å². The Hall–Kier alpha value is -1.46. The van der Waals surface area contributed by atoms with Gasteiger partial charge in [0.05, 0.1) is 24.9 Å². The molecule has 1 fully saturated rings. The first-order valence-electron chi connectivity index (χ1n) is 6.46. The number of hydrogen-bond acceptors (Lipinski definition) is 4. The molecule has 2 rings (SSSR count). The van der Waals surface area contributed by atoms with E-state index in [9.17, 15) is 4.79 Å². The summed E-state index contributed by atoms with van der Waals surface area (Å²) in [5.41, 5.74) is 0.529. The van der Waals surface area contributed by atoms with Crippen LogP contribution < -0.4 is 14.8 Å². The van der Waals surface area contributed by atoms with E-state index in [1.807, 2.05) is 0 Å². The van der Waals surface area contributed by atoms with Crippen molar-refractivity contribution in [3.8, 4) is 11.5 Å². The van der Waals surface area contributed by atoms with Gasteiger partial charge in [-0.25, -0.2) is 0 Å². The Morgan fingerprint density at radius 3 is 2.45 bits per heavy atom. The minimum Gasteiger partial charge on any atom is -0.493 e. The van der Waals surface area contributed by atoms with E-state index in [0.717, 1.165) is 12.8 Å². The van der Waals surface area contributed by atoms with Crippen LogP contribution in [0.4, 0.5) is 5.69 Å². The van der Waals surface area contributed by atoms with E-state index in [-0.39, 0.29) is 11.8 Å². The van der Waals surface area contributed by atoms with Crippen LogP contribution in [0.25, 0.3) is 0 Å². The third-order valence-corrected chi connectivity index (χ3v) is 3.64. The third-order valence-electron chi connectivity index (χ3n) is 3.32. The minimum atomic E-state index is -0.0394. The van der Waals surface area contributed by atoms with Gasteiger partial charge in [-0.05, 0) is 12.8 Å². The molecular weight excluding hydrogens is 282 g/mol. The second-order valence-corrected chi connectivity index (χ2v) is 4.97. The number of nitrogens with one attached hydrogen (secondary N) is 1. The second-order valence-electron chi connectivity index (χ2n) is 4.56. The predicted octanol–water partition coefficient (Wildman–Crippen LogP) is 2.72. The lowest BCUT2D eigenvalue weighted by Gasteiger charge is -2.21. The Kier molecular flexibility index (Phi) is 5.09. The largest absolute Gasteiger partial charge is 0.493 e. The van der Waals surface area contributed by atoms with Gasteiger partial charge >= 0.3 is 0 Å². The fourth-order valence-electron chi connectivity index (χ4n) is 2.14. The van der Waals surface area contributed by atoms with Gasteiger partial charge < -0.3 is 19.5 Å². The molecule has 1 saturated heterocycles. The Morgan fingerprint density at radius 2 is 1.85 bits per heavy atom. The zero-order valence-electron chi connectivity index (χ0n) is 11.6. The molecule has 0 unspecified atom stereocenters. The van der Waals surface area contributed by atoms with Crippen molar-refractivity contribution in [2.24, 2.45) is 5.92 Å². The Morgan fingerprint density at radius 1 is 1.25 bits per heavy atom. The summed E-state index contributed by atoms with van der Waals surface area (Å²) in [6.07, 6.45) is 1.47. The smallest absolute Gasteiger partial charge is 0.227 e. The van der Waals surface area contributed by atoms with Crippen LogP contribution in [-0.2, 0) is 9.53 Å². The topological polar surface area (TPSA) is 56.8 Å². The van der Waals surface area contributed by atoms with Gasteiger partial charge in [-0.3, -0.25) is 4.79 Å². The van der Waals surface area contributed by atoms with E-state index in [1.165, 1.54) is 14.2 Å². The normalized spacial score (nSPS) is 15.8. The number of carbonyl (C=O) groups is 1. The maximum Gasteiger partial charge on any atom is 0.227 e. The van der Waals surface area contributed by atoms with Gasteiger partial charge in [0.2, 0.25) is 5.91 Å². The molecule has 1 amide bonds. The average Bonchev–Trinajstić information content (AvgIpc) is 2.49. The fraction of sp³-hybridized carbons (Fsp3) is 0.500. The van der Waals surface area contributed by atoms with Crippen LogP contribution in [0.2, 0.25) is 5.02 Å². The van der Waals surface area contributed by atoms with E-state index in [0.29, 0.717) is 35.4 Å². The Balaban J connectivity index is 2.13. The van der Waals surface area contributed by atoms with Crippen LogP contribution in [0.1, 0.15) is 12.8 Å². The first-order valence-corrected chi connectivity index (χ1v) is 6.83. The summed E-state index contributed by atoms with van der Waals surface area (Å²) in [4.78, 5) is 12.2. The van der Waals surface area contributed by atoms with Gasteiger partial charge in [0.25, 0.3) is 0 Å². The highest BCUT2D eigenvalue weighted by atomic mass is 35.5. The van der Waals surface area contributed by atoms with Crippen LogP contribution in [0.15, 0.2) is 12.1 Å². The first-order chi connectivity index (χ1) is 9.65. The molecule has 0 aromatic heterocycles. The zero-order valence-corrected chi connectivity index (χ0v) is 12.3. The first kappa shape index (κ1) is 14.9. The van der Waals surface area contributed by atoms with Crippen molar-refractivity contribution in [3.63, 3.8) is 0 Å². The quantitative estimate of drug-likeness (QED) is 0.929. The molecule has 1 aromatic carbocycles. The number of carbonyl (C=O) groups excluding carboxylic acids is 1. The number of ether oxygens (including phenoxy) is 3. The molecule has 6 heteroatoms. The third kappa shape index (κ3) is 3.35. The van der Waals surface area contributed by atoms with Crippen molar-refractivity contribution >= 4 is 23.2 Å². The van der Waals surface area contributed by atoms with Crippen molar-refractivity contribution in [1.29, 1.82) is 0 Å². The predicted molar refractivity (Wildman–Crippen MR) is 76.7 cm³/mol. The maximum absolute atomic E-state index is 12.2. The van der Waals surface area contributed by atoms with Crippen molar-refractivity contribution in [2.45, 2.75) is 12.8 Å². The molecule has 1 aromatic rings. The molecule has 0 radical (unpaired) electrons. The van der Waals surface area contributed by atoms with Gasteiger partial charge in [0, 0.05) is 31.3 Å². The molecule has 1 aliphatic rings. The molecule has 0 bridgehead atoms. The molecule has 0 aliphatic carbocycles. The monoisotopic (exact) mass is 299 g/mol. The van der Waals surface area contributed by atoms with Crippen molar-refractivity contribution < 1.29 is 19.0 Å². The number of methoxy groups -OCH3 is 2. The summed E-state index contributed by atoms with van der Waals surface area (Å²) >= 11 is 6.15. The van der Waals surface area contributed by atoms with Crippen LogP contribution in [-0.4, -0.2) is 33.3 Å². The summed E-state index contributed by atoms with van der Waals surface area (Å²) in [5.74, 6) is 0.982. The number of anilines is 1. The molecule has 5 nitrogen and oxygen atoms in total. The molecular formula is C14H18ClNO4. The van der Waals surface area contributed by atoms with Crippen molar-refractivity contribution in [1.82, 2.24) is 0 Å². The molecule has 0 atom stereocenters. The number of amides is 1. The van der Waals surface area contributed by atoms with Crippen molar-refractivity contribution in [2.75, 3.05) is 32.8 Å². The van der Waals surface area contributed by atoms with Crippen LogP contribution in [0.3, 0.4) is 0 Å². The second kappa shape index (κ2) is 6.81. The van der Waals surface area contributed by atoms with E-state index in [2.05, 4.69) is 5.32 Å². The summed E-state index contributed by atoms with van der Waals surface area (Å²) in [6, 6.07) is 3.29. The van der Waals surface area contributed by atoms with E-state index in [4.69, 9.17) is 25.8 Å². The lowest BCUT2D eigenvalue weighted by atomic mass is 9.99. The SMILES string of the molecule is COc1cc(Cl)c(NC(=O)C2CCOCC2)cc1OC. The molecule has 110 valence electrons. The molecule has 1 aliphatic heterocycles. The fourth-order valence-corrected chi connectivity index (χ4v) is 2.35. The number of rotatable bonds is 4. The van der Waals surface area contributed by atoms with Crippen LogP contribution >= 0.6 is 11.6 Å². The molecule has 1 N–H and O–H groups in total. The molecule has 0 spiro atoms. The summed E-state index contributed by atoms with van der Waals surface area (Å²) in [6.45, 7) is 1.25. The molecule has 1 heterocycles. The number of hydrogen-bond donors (Lipinski definition) is 1. The highest BCUT2D eigenvalue weighted by Gasteiger charge is 2.22. The number of benzene rings is 1. The Labute approximate surface area is 123 Å². The van der Waals surface area contributed by atoms with Gasteiger partial charge in [0.15, 0.2) is 11.5 Å².